The molecule has 134 valence electrons. The largest absolute Gasteiger partial charge is 0.431 e. The number of hydrogen-bond donors (Lipinski definition) is 1. The molecule has 1 heterocycles. The number of amides is 1. The van der Waals surface area contributed by atoms with Gasteiger partial charge in [-0.1, -0.05) is 42.1 Å². The summed E-state index contributed by atoms with van der Waals surface area (Å²) in [6.07, 6.45) is 4.87. The number of nitrogens with zero attached hydrogens (tertiary/aromatic N) is 1. The molecule has 1 aliphatic carbocycles. The Bertz CT molecular complexity index is 902. The zero-order chi connectivity index (χ0) is 17.9. The summed E-state index contributed by atoms with van der Waals surface area (Å²) in [6, 6.07) is 14.2. The topological polar surface area (TPSA) is 55.1 Å². The van der Waals surface area contributed by atoms with E-state index < -0.39 is 0 Å². The van der Waals surface area contributed by atoms with E-state index >= 15 is 0 Å². The van der Waals surface area contributed by atoms with Crippen molar-refractivity contribution in [2.24, 2.45) is 0 Å². The van der Waals surface area contributed by atoms with Gasteiger partial charge in [0.25, 0.3) is 5.22 Å². The van der Waals surface area contributed by atoms with Crippen LogP contribution in [-0.2, 0) is 17.6 Å². The van der Waals surface area contributed by atoms with E-state index in [2.05, 4.69) is 28.5 Å². The number of rotatable bonds is 5. The molecule has 2 aromatic carbocycles. The number of oxazole rings is 1. The molecule has 0 bridgehead atoms. The van der Waals surface area contributed by atoms with Gasteiger partial charge in [-0.3, -0.25) is 4.79 Å². The third-order valence-electron chi connectivity index (χ3n) is 4.85. The van der Waals surface area contributed by atoms with E-state index in [1.807, 2.05) is 31.2 Å². The minimum atomic E-state index is -0.0116. The normalized spacial score (nSPS) is 14.8. The van der Waals surface area contributed by atoms with Crippen LogP contribution in [0.1, 0.15) is 42.5 Å². The van der Waals surface area contributed by atoms with Gasteiger partial charge < -0.3 is 9.73 Å². The highest BCUT2D eigenvalue weighted by molar-refractivity contribution is 7.99. The first-order valence-electron chi connectivity index (χ1n) is 9.08. The molecule has 0 saturated heterocycles. The van der Waals surface area contributed by atoms with Crippen molar-refractivity contribution >= 4 is 28.8 Å². The summed E-state index contributed by atoms with van der Waals surface area (Å²) in [5, 5.41) is 3.61. The van der Waals surface area contributed by atoms with Crippen LogP contribution in [0, 0.1) is 0 Å². The predicted octanol–water partition coefficient (Wildman–Crippen LogP) is 4.68. The van der Waals surface area contributed by atoms with Crippen LogP contribution < -0.4 is 5.32 Å². The van der Waals surface area contributed by atoms with Crippen LogP contribution in [-0.4, -0.2) is 16.6 Å². The second kappa shape index (κ2) is 7.54. The molecule has 0 aliphatic heterocycles. The van der Waals surface area contributed by atoms with E-state index in [0.717, 1.165) is 17.5 Å². The lowest BCUT2D eigenvalue weighted by molar-refractivity contribution is -0.119. The fourth-order valence-electron chi connectivity index (χ4n) is 3.43. The highest BCUT2D eigenvalue weighted by Crippen LogP contribution is 2.26. The van der Waals surface area contributed by atoms with Crippen LogP contribution in [0.5, 0.6) is 0 Å². The molecule has 1 aliphatic rings. The number of hydrogen-bond acceptors (Lipinski definition) is 4. The molecule has 4 nitrogen and oxygen atoms in total. The smallest absolute Gasteiger partial charge is 0.257 e. The second-order valence-electron chi connectivity index (χ2n) is 6.76. The number of benzene rings is 2. The van der Waals surface area contributed by atoms with Crippen LogP contribution in [0.4, 0.5) is 0 Å². The van der Waals surface area contributed by atoms with Gasteiger partial charge in [0.05, 0.1) is 11.8 Å². The molecule has 4 rings (SSSR count). The monoisotopic (exact) mass is 366 g/mol. The van der Waals surface area contributed by atoms with Gasteiger partial charge in [0.2, 0.25) is 5.91 Å². The Kier molecular flexibility index (Phi) is 4.98. The Morgan fingerprint density at radius 1 is 1.19 bits per heavy atom. The zero-order valence-corrected chi connectivity index (χ0v) is 15.6. The Morgan fingerprint density at radius 3 is 2.85 bits per heavy atom. The quantitative estimate of drug-likeness (QED) is 0.666. The molecule has 0 fully saturated rings. The van der Waals surface area contributed by atoms with Crippen LogP contribution >= 0.6 is 11.8 Å². The average molecular weight is 366 g/mol. The summed E-state index contributed by atoms with van der Waals surface area (Å²) in [6.45, 7) is 2.03. The number of thioether (sulfide) groups is 1. The van der Waals surface area contributed by atoms with Crippen LogP contribution in [0.15, 0.2) is 52.1 Å². The molecular formula is C21H22N2O2S. The molecule has 3 aromatic rings. The number of fused-ring (bicyclic) bond motifs is 2. The lowest BCUT2D eigenvalue weighted by Crippen LogP contribution is -2.28. The van der Waals surface area contributed by atoms with E-state index in [9.17, 15) is 4.79 Å². The second-order valence-corrected chi connectivity index (χ2v) is 7.69. The molecule has 5 heteroatoms. The van der Waals surface area contributed by atoms with Crippen molar-refractivity contribution in [1.82, 2.24) is 10.3 Å². The first kappa shape index (κ1) is 17.2. The molecule has 1 atom stereocenters. The van der Waals surface area contributed by atoms with Gasteiger partial charge in [-0.25, -0.2) is 4.98 Å². The number of aromatic nitrogens is 1. The maximum atomic E-state index is 12.3. The summed E-state index contributed by atoms with van der Waals surface area (Å²) in [5.74, 6) is 0.282. The summed E-state index contributed by atoms with van der Waals surface area (Å²) >= 11 is 1.32. The maximum Gasteiger partial charge on any atom is 0.257 e. The maximum absolute atomic E-state index is 12.3. The number of carbonyl (C=O) groups is 1. The molecule has 0 spiro atoms. The zero-order valence-electron chi connectivity index (χ0n) is 14.8. The van der Waals surface area contributed by atoms with Crippen molar-refractivity contribution in [2.45, 2.75) is 43.9 Å². The Morgan fingerprint density at radius 2 is 2.00 bits per heavy atom. The minimum Gasteiger partial charge on any atom is -0.431 e. The van der Waals surface area contributed by atoms with Crippen molar-refractivity contribution < 1.29 is 9.21 Å². The van der Waals surface area contributed by atoms with Gasteiger partial charge in [-0.2, -0.15) is 0 Å². The Labute approximate surface area is 157 Å². The lowest BCUT2D eigenvalue weighted by atomic mass is 9.89. The Balaban J connectivity index is 1.35. The lowest BCUT2D eigenvalue weighted by Gasteiger charge is -2.20. The van der Waals surface area contributed by atoms with E-state index in [4.69, 9.17) is 4.42 Å². The summed E-state index contributed by atoms with van der Waals surface area (Å²) < 4.78 is 5.64. The summed E-state index contributed by atoms with van der Waals surface area (Å²) in [5.41, 5.74) is 5.64. The van der Waals surface area contributed by atoms with Crippen LogP contribution in [0.3, 0.4) is 0 Å². The highest BCUT2D eigenvalue weighted by Gasteiger charge is 2.15. The number of para-hydroxylation sites is 2. The molecule has 1 amide bonds. The fraction of sp³-hybridized carbons (Fsp3) is 0.333. The van der Waals surface area contributed by atoms with Gasteiger partial charge in [-0.15, -0.1) is 0 Å². The highest BCUT2D eigenvalue weighted by atomic mass is 32.2. The van der Waals surface area contributed by atoms with E-state index in [0.29, 0.717) is 11.0 Å². The average Bonchev–Trinajstić information content (AvgIpc) is 3.09. The van der Waals surface area contributed by atoms with E-state index in [-0.39, 0.29) is 11.9 Å². The minimum absolute atomic E-state index is 0.000964. The summed E-state index contributed by atoms with van der Waals surface area (Å²) in [7, 11) is 0. The van der Waals surface area contributed by atoms with Gasteiger partial charge in [-0.05, 0) is 61.4 Å². The predicted molar refractivity (Wildman–Crippen MR) is 104 cm³/mol. The number of carbonyl (C=O) groups excluding carboxylic acids is 1. The van der Waals surface area contributed by atoms with E-state index in [1.54, 1.807) is 0 Å². The molecule has 1 N–H and O–H groups in total. The number of nitrogens with one attached hydrogen (secondary N) is 1. The van der Waals surface area contributed by atoms with Gasteiger partial charge in [0.15, 0.2) is 5.58 Å². The number of aryl methyl sites for hydroxylation is 2. The first-order valence-corrected chi connectivity index (χ1v) is 10.1. The molecular weight excluding hydrogens is 344 g/mol. The summed E-state index contributed by atoms with van der Waals surface area (Å²) in [4.78, 5) is 16.7. The standard InChI is InChI=1S/C21H22N2O2S/c1-14(16-11-10-15-6-2-3-7-17(15)12-16)22-20(24)13-26-21-23-18-8-4-5-9-19(18)25-21/h4-5,8-12,14H,2-3,6-7,13H2,1H3,(H,22,24)/t14-/m1/s1. The molecule has 1 aromatic heterocycles. The van der Waals surface area contributed by atoms with Crippen molar-refractivity contribution in [3.8, 4) is 0 Å². The van der Waals surface area contributed by atoms with Gasteiger partial charge in [0, 0.05) is 0 Å². The van der Waals surface area contributed by atoms with Crippen molar-refractivity contribution in [1.29, 1.82) is 0 Å². The molecule has 26 heavy (non-hydrogen) atoms. The van der Waals surface area contributed by atoms with Crippen LogP contribution in [0.25, 0.3) is 11.1 Å². The third kappa shape index (κ3) is 3.78. The Hall–Kier alpha value is -2.27. The van der Waals surface area contributed by atoms with Gasteiger partial charge >= 0.3 is 0 Å². The van der Waals surface area contributed by atoms with Crippen LogP contribution in [0.2, 0.25) is 0 Å². The van der Waals surface area contributed by atoms with Crippen molar-refractivity contribution in [2.75, 3.05) is 5.75 Å². The fourth-order valence-corrected chi connectivity index (χ4v) is 4.08. The SMILES string of the molecule is C[C@@H](NC(=O)CSc1nc2ccccc2o1)c1ccc2c(c1)CCCC2. The van der Waals surface area contributed by atoms with E-state index in [1.165, 1.54) is 47.7 Å². The first-order chi connectivity index (χ1) is 12.7. The van der Waals surface area contributed by atoms with Gasteiger partial charge in [0.1, 0.15) is 5.52 Å². The van der Waals surface area contributed by atoms with Crippen molar-refractivity contribution in [3.63, 3.8) is 0 Å². The molecule has 0 radical (unpaired) electrons. The molecule has 0 unspecified atom stereocenters. The van der Waals surface area contributed by atoms with Crippen molar-refractivity contribution in [3.05, 3.63) is 59.2 Å². The third-order valence-corrected chi connectivity index (χ3v) is 5.68. The molecule has 0 saturated carbocycles.